The third-order valence-corrected chi connectivity index (χ3v) is 8.63. The molecule has 0 radical (unpaired) electrons. The number of rotatable bonds is 5. The summed E-state index contributed by atoms with van der Waals surface area (Å²) in [5.74, 6) is 0. The summed E-state index contributed by atoms with van der Waals surface area (Å²) in [6.07, 6.45) is 8.44. The topological polar surface area (TPSA) is 9.86 Å². The van der Waals surface area contributed by atoms with Crippen molar-refractivity contribution in [1.29, 1.82) is 0 Å². The van der Waals surface area contributed by atoms with Gasteiger partial charge in [-0.1, -0.05) is 97.6 Å². The SMILES string of the molecule is C=Cc1ccc2c(c1/C=C\C)c1cc(-c3ccc(-n4ccc5ccccc54)cc3)ccc1n2-c1ccc2ccccc2c1. The third kappa shape index (κ3) is 4.03. The molecular formula is C41H30N2. The number of benzene rings is 6. The molecule has 8 aromatic rings. The Hall–Kier alpha value is -5.60. The van der Waals surface area contributed by atoms with E-state index in [1.807, 2.05) is 6.08 Å². The lowest BCUT2D eigenvalue weighted by atomic mass is 9.97. The molecule has 0 spiro atoms. The van der Waals surface area contributed by atoms with E-state index in [-0.39, 0.29) is 0 Å². The van der Waals surface area contributed by atoms with E-state index in [2.05, 4.69) is 168 Å². The van der Waals surface area contributed by atoms with Crippen LogP contribution in [-0.2, 0) is 0 Å². The van der Waals surface area contributed by atoms with Gasteiger partial charge in [-0.25, -0.2) is 0 Å². The van der Waals surface area contributed by atoms with Crippen molar-refractivity contribution in [3.8, 4) is 22.5 Å². The summed E-state index contributed by atoms with van der Waals surface area (Å²) in [7, 11) is 0. The highest BCUT2D eigenvalue weighted by Crippen LogP contribution is 2.39. The number of para-hydroxylation sites is 1. The van der Waals surface area contributed by atoms with Gasteiger partial charge in [-0.3, -0.25) is 0 Å². The maximum atomic E-state index is 4.13. The molecule has 0 N–H and O–H groups in total. The van der Waals surface area contributed by atoms with Gasteiger partial charge in [0.25, 0.3) is 0 Å². The first-order valence-corrected chi connectivity index (χ1v) is 14.8. The fraction of sp³-hybridized carbons (Fsp3) is 0.0244. The second-order valence-corrected chi connectivity index (χ2v) is 11.1. The molecule has 6 aromatic carbocycles. The lowest BCUT2D eigenvalue weighted by molar-refractivity contribution is 1.13. The van der Waals surface area contributed by atoms with E-state index in [1.165, 1.54) is 60.2 Å². The van der Waals surface area contributed by atoms with Crippen LogP contribution < -0.4 is 0 Å². The largest absolute Gasteiger partial charge is 0.317 e. The van der Waals surface area contributed by atoms with E-state index < -0.39 is 0 Å². The van der Waals surface area contributed by atoms with Crippen LogP contribution in [0.2, 0.25) is 0 Å². The Labute approximate surface area is 251 Å². The van der Waals surface area contributed by atoms with E-state index in [0.717, 1.165) is 16.9 Å². The zero-order valence-corrected chi connectivity index (χ0v) is 24.0. The number of allylic oxidation sites excluding steroid dienone is 1. The molecule has 0 saturated carbocycles. The van der Waals surface area contributed by atoms with Crippen LogP contribution in [0.3, 0.4) is 0 Å². The van der Waals surface area contributed by atoms with Crippen LogP contribution in [0.15, 0.2) is 146 Å². The Morgan fingerprint density at radius 3 is 2.12 bits per heavy atom. The first-order valence-electron chi connectivity index (χ1n) is 14.8. The van der Waals surface area contributed by atoms with E-state index in [4.69, 9.17) is 0 Å². The fourth-order valence-electron chi connectivity index (χ4n) is 6.57. The number of hydrogen-bond donors (Lipinski definition) is 0. The predicted molar refractivity (Wildman–Crippen MR) is 185 cm³/mol. The van der Waals surface area contributed by atoms with Crippen molar-refractivity contribution in [2.24, 2.45) is 0 Å². The summed E-state index contributed by atoms with van der Waals surface area (Å²) in [5.41, 5.74) is 10.6. The minimum Gasteiger partial charge on any atom is -0.317 e. The molecule has 0 fully saturated rings. The number of aromatic nitrogens is 2. The van der Waals surface area contributed by atoms with Crippen LogP contribution in [0.25, 0.3) is 78.1 Å². The first-order chi connectivity index (χ1) is 21.2. The molecule has 0 aliphatic rings. The average molecular weight is 551 g/mol. The van der Waals surface area contributed by atoms with Crippen molar-refractivity contribution in [2.45, 2.75) is 6.92 Å². The standard InChI is InChI=1S/C41H30N2/c1-3-9-36-28(4-2)17-23-40-41(36)37-27-33(18-22-39(37)43(40)35-21-16-29-10-5-6-12-32(29)26-35)30-14-19-34(20-15-30)42-25-24-31-11-7-8-13-38(31)42/h3-27H,2H2,1H3/b9-3-. The molecular weight excluding hydrogens is 520 g/mol. The Balaban J connectivity index is 1.33. The van der Waals surface area contributed by atoms with Crippen LogP contribution >= 0.6 is 0 Å². The molecule has 0 atom stereocenters. The normalized spacial score (nSPS) is 11.8. The molecule has 2 aromatic heterocycles. The molecule has 2 heteroatoms. The fourth-order valence-corrected chi connectivity index (χ4v) is 6.57. The summed E-state index contributed by atoms with van der Waals surface area (Å²) < 4.78 is 4.65. The van der Waals surface area contributed by atoms with Crippen molar-refractivity contribution in [2.75, 3.05) is 0 Å². The zero-order valence-electron chi connectivity index (χ0n) is 24.0. The highest BCUT2D eigenvalue weighted by atomic mass is 15.0. The molecule has 0 saturated heterocycles. The van der Waals surface area contributed by atoms with Crippen LogP contribution in [0.4, 0.5) is 0 Å². The van der Waals surface area contributed by atoms with Gasteiger partial charge in [0.2, 0.25) is 0 Å². The summed E-state index contributed by atoms with van der Waals surface area (Å²) in [6, 6.07) is 46.2. The number of fused-ring (bicyclic) bond motifs is 5. The van der Waals surface area contributed by atoms with Crippen LogP contribution in [0, 0.1) is 0 Å². The van der Waals surface area contributed by atoms with Crippen LogP contribution in [0.5, 0.6) is 0 Å². The predicted octanol–water partition coefficient (Wildman–Crippen LogP) is 11.2. The van der Waals surface area contributed by atoms with Gasteiger partial charge in [0.05, 0.1) is 16.6 Å². The zero-order chi connectivity index (χ0) is 28.9. The van der Waals surface area contributed by atoms with Gasteiger partial charge < -0.3 is 9.13 Å². The van der Waals surface area contributed by atoms with E-state index >= 15 is 0 Å². The summed E-state index contributed by atoms with van der Waals surface area (Å²) >= 11 is 0. The van der Waals surface area contributed by atoms with E-state index in [1.54, 1.807) is 0 Å². The van der Waals surface area contributed by atoms with Gasteiger partial charge in [0, 0.05) is 28.3 Å². The molecule has 204 valence electrons. The maximum Gasteiger partial charge on any atom is 0.0547 e. The van der Waals surface area contributed by atoms with Crippen LogP contribution in [-0.4, -0.2) is 9.13 Å². The Morgan fingerprint density at radius 1 is 0.581 bits per heavy atom. The Morgan fingerprint density at radius 2 is 1.30 bits per heavy atom. The average Bonchev–Trinajstić information content (AvgIpc) is 3.64. The van der Waals surface area contributed by atoms with Crippen molar-refractivity contribution in [3.05, 3.63) is 157 Å². The molecule has 43 heavy (non-hydrogen) atoms. The lowest BCUT2D eigenvalue weighted by Crippen LogP contribution is -1.94. The molecule has 0 aliphatic carbocycles. The minimum absolute atomic E-state index is 1.14. The Kier molecular flexibility index (Phi) is 5.87. The highest BCUT2D eigenvalue weighted by Gasteiger charge is 2.17. The van der Waals surface area contributed by atoms with Gasteiger partial charge in [0.1, 0.15) is 0 Å². The van der Waals surface area contributed by atoms with E-state index in [9.17, 15) is 0 Å². The molecule has 0 aliphatic heterocycles. The quantitative estimate of drug-likeness (QED) is 0.202. The first kappa shape index (κ1) is 25.1. The molecule has 8 rings (SSSR count). The van der Waals surface area contributed by atoms with Crippen molar-refractivity contribution in [3.63, 3.8) is 0 Å². The van der Waals surface area contributed by atoms with Crippen LogP contribution in [0.1, 0.15) is 18.1 Å². The third-order valence-electron chi connectivity index (χ3n) is 8.63. The van der Waals surface area contributed by atoms with Gasteiger partial charge in [-0.2, -0.15) is 0 Å². The van der Waals surface area contributed by atoms with E-state index in [0.29, 0.717) is 0 Å². The van der Waals surface area contributed by atoms with Crippen molar-refractivity contribution in [1.82, 2.24) is 9.13 Å². The second-order valence-electron chi connectivity index (χ2n) is 11.1. The summed E-state index contributed by atoms with van der Waals surface area (Å²) in [5, 5.41) is 6.21. The summed E-state index contributed by atoms with van der Waals surface area (Å²) in [6.45, 7) is 6.21. The minimum atomic E-state index is 1.14. The van der Waals surface area contributed by atoms with Gasteiger partial charge >= 0.3 is 0 Å². The van der Waals surface area contributed by atoms with Crippen molar-refractivity contribution >= 4 is 55.6 Å². The van der Waals surface area contributed by atoms with Gasteiger partial charge in [0.15, 0.2) is 0 Å². The van der Waals surface area contributed by atoms with Crippen molar-refractivity contribution < 1.29 is 0 Å². The number of nitrogens with zero attached hydrogens (tertiary/aromatic N) is 2. The lowest BCUT2D eigenvalue weighted by Gasteiger charge is -2.11. The smallest absolute Gasteiger partial charge is 0.0547 e. The maximum absolute atomic E-state index is 4.13. The Bertz CT molecular complexity index is 2360. The second kappa shape index (κ2) is 10.0. The molecule has 0 unspecified atom stereocenters. The van der Waals surface area contributed by atoms with Gasteiger partial charge in [-0.05, 0) is 99.9 Å². The highest BCUT2D eigenvalue weighted by molar-refractivity contribution is 6.15. The number of hydrogen-bond acceptors (Lipinski definition) is 0. The van der Waals surface area contributed by atoms with Gasteiger partial charge in [-0.15, -0.1) is 0 Å². The molecule has 0 amide bonds. The summed E-state index contributed by atoms with van der Waals surface area (Å²) in [4.78, 5) is 0. The molecule has 0 bridgehead atoms. The monoisotopic (exact) mass is 550 g/mol. The molecule has 2 heterocycles. The molecule has 2 nitrogen and oxygen atoms in total.